The van der Waals surface area contributed by atoms with Gasteiger partial charge in [-0.15, -0.1) is 0 Å². The van der Waals surface area contributed by atoms with Gasteiger partial charge in [0.1, 0.15) is 11.6 Å². The Morgan fingerprint density at radius 1 is 1.18 bits per heavy atom. The fraction of sp³-hybridized carbons (Fsp3) is 0.833. The van der Waals surface area contributed by atoms with Crippen molar-refractivity contribution in [1.82, 2.24) is 5.43 Å². The number of nitrogens with two attached hydrogens (primary N) is 2. The van der Waals surface area contributed by atoms with Crippen LogP contribution in [0.15, 0.2) is 5.10 Å². The summed E-state index contributed by atoms with van der Waals surface area (Å²) in [5.74, 6) is 11.3. The molecule has 5 nitrogen and oxygen atoms in total. The highest BCUT2D eigenvalue weighted by molar-refractivity contribution is 5.81. The van der Waals surface area contributed by atoms with Gasteiger partial charge in [-0.1, -0.05) is 27.7 Å². The molecule has 0 atom stereocenters. The lowest BCUT2D eigenvalue weighted by molar-refractivity contribution is -0.119. The topological polar surface area (TPSA) is 93.5 Å². The van der Waals surface area contributed by atoms with E-state index in [9.17, 15) is 4.79 Å². The molecule has 0 aromatic rings. The molecule has 0 unspecified atom stereocenters. The lowest BCUT2D eigenvalue weighted by atomic mass is 9.71. The predicted molar refractivity (Wildman–Crippen MR) is 71.0 cm³/mol. The molecule has 100 valence electrons. The summed E-state index contributed by atoms with van der Waals surface area (Å²) in [6.07, 6.45) is 2.16. The van der Waals surface area contributed by atoms with Gasteiger partial charge in [-0.3, -0.25) is 0 Å². The maximum Gasteiger partial charge on any atom is 0.136 e. The largest absolute Gasteiger partial charge is 0.322 e. The van der Waals surface area contributed by atoms with E-state index in [0.717, 1.165) is 6.42 Å². The van der Waals surface area contributed by atoms with E-state index in [1.807, 2.05) is 0 Å². The van der Waals surface area contributed by atoms with E-state index in [-0.39, 0.29) is 16.6 Å². The average Bonchev–Trinajstić information content (AvgIpc) is 2.09. The molecule has 0 fully saturated rings. The zero-order valence-corrected chi connectivity index (χ0v) is 11.6. The van der Waals surface area contributed by atoms with E-state index in [2.05, 4.69) is 38.2 Å². The van der Waals surface area contributed by atoms with Crippen molar-refractivity contribution < 1.29 is 4.79 Å². The van der Waals surface area contributed by atoms with Crippen molar-refractivity contribution in [2.24, 2.45) is 27.6 Å². The molecule has 17 heavy (non-hydrogen) atoms. The van der Waals surface area contributed by atoms with Crippen LogP contribution in [-0.2, 0) is 4.79 Å². The SMILES string of the molecule is CC(=O)CC(C)(C)CC(C)(C)C/C(=N/N)NN. The van der Waals surface area contributed by atoms with Crippen molar-refractivity contribution in [2.45, 2.75) is 53.9 Å². The average molecular weight is 242 g/mol. The van der Waals surface area contributed by atoms with Gasteiger partial charge in [-0.05, 0) is 24.2 Å². The molecule has 0 saturated carbocycles. The molecule has 0 spiro atoms. The Morgan fingerprint density at radius 2 is 1.65 bits per heavy atom. The van der Waals surface area contributed by atoms with Crippen molar-refractivity contribution in [1.29, 1.82) is 0 Å². The van der Waals surface area contributed by atoms with E-state index < -0.39 is 0 Å². The molecule has 0 saturated heterocycles. The number of hydrogen-bond donors (Lipinski definition) is 3. The lowest BCUT2D eigenvalue weighted by Crippen LogP contribution is -2.36. The zero-order chi connectivity index (χ0) is 13.7. The minimum absolute atomic E-state index is 0.0104. The maximum absolute atomic E-state index is 11.2. The quantitative estimate of drug-likeness (QED) is 0.285. The molecular formula is C12H26N4O. The molecule has 0 heterocycles. The first kappa shape index (κ1) is 15.9. The summed E-state index contributed by atoms with van der Waals surface area (Å²) < 4.78 is 0. The molecule has 0 aliphatic heterocycles. The summed E-state index contributed by atoms with van der Waals surface area (Å²) in [6.45, 7) is 10.1. The van der Waals surface area contributed by atoms with Crippen LogP contribution >= 0.6 is 0 Å². The first-order valence-electron chi connectivity index (χ1n) is 5.85. The van der Waals surface area contributed by atoms with Gasteiger partial charge >= 0.3 is 0 Å². The second-order valence-corrected chi connectivity index (χ2v) is 6.28. The predicted octanol–water partition coefficient (Wildman–Crippen LogP) is 1.53. The van der Waals surface area contributed by atoms with Crippen molar-refractivity contribution in [3.63, 3.8) is 0 Å². The lowest BCUT2D eigenvalue weighted by Gasteiger charge is -2.34. The Morgan fingerprint density at radius 3 is 2.00 bits per heavy atom. The molecule has 5 heteroatoms. The highest BCUT2D eigenvalue weighted by Crippen LogP contribution is 2.38. The van der Waals surface area contributed by atoms with Gasteiger partial charge in [-0.2, -0.15) is 5.10 Å². The normalized spacial score (nSPS) is 13.6. The summed E-state index contributed by atoms with van der Waals surface area (Å²) in [7, 11) is 0. The van der Waals surface area contributed by atoms with Crippen LogP contribution in [0.3, 0.4) is 0 Å². The number of ketones is 1. The number of hydrogen-bond acceptors (Lipinski definition) is 4. The molecule has 0 aromatic heterocycles. The van der Waals surface area contributed by atoms with Crippen LogP contribution in [0.25, 0.3) is 0 Å². The van der Waals surface area contributed by atoms with Gasteiger partial charge in [0.05, 0.1) is 0 Å². The van der Waals surface area contributed by atoms with Crippen LogP contribution in [-0.4, -0.2) is 11.6 Å². The molecule has 0 aliphatic carbocycles. The van der Waals surface area contributed by atoms with Gasteiger partial charge in [-0.25, -0.2) is 5.84 Å². The Kier molecular flexibility index (Phi) is 5.61. The molecule has 0 aromatic carbocycles. The number of Topliss-reactive ketones (excluding diaryl/α,β-unsaturated/α-hetero) is 1. The minimum atomic E-state index is -0.0242. The number of hydrazine groups is 1. The van der Waals surface area contributed by atoms with E-state index in [4.69, 9.17) is 11.7 Å². The van der Waals surface area contributed by atoms with Crippen molar-refractivity contribution in [3.8, 4) is 0 Å². The molecule has 0 amide bonds. The van der Waals surface area contributed by atoms with Crippen molar-refractivity contribution in [3.05, 3.63) is 0 Å². The van der Waals surface area contributed by atoms with Crippen LogP contribution in [0, 0.1) is 10.8 Å². The molecule has 0 rings (SSSR count). The summed E-state index contributed by atoms with van der Waals surface area (Å²) >= 11 is 0. The molecule has 0 bridgehead atoms. The third-order valence-corrected chi connectivity index (χ3v) is 2.65. The first-order valence-corrected chi connectivity index (χ1v) is 5.85. The number of rotatable bonds is 6. The number of carbonyl (C=O) groups is 1. The zero-order valence-electron chi connectivity index (χ0n) is 11.6. The van der Waals surface area contributed by atoms with E-state index in [1.165, 1.54) is 0 Å². The highest BCUT2D eigenvalue weighted by atomic mass is 16.1. The number of amidine groups is 1. The third kappa shape index (κ3) is 6.94. The number of hydrazone groups is 1. The smallest absolute Gasteiger partial charge is 0.136 e. The van der Waals surface area contributed by atoms with E-state index in [0.29, 0.717) is 18.7 Å². The minimum Gasteiger partial charge on any atom is -0.322 e. The van der Waals surface area contributed by atoms with Crippen LogP contribution in [0.1, 0.15) is 53.9 Å². The van der Waals surface area contributed by atoms with Gasteiger partial charge in [0.25, 0.3) is 0 Å². The summed E-state index contributed by atoms with van der Waals surface area (Å²) in [5.41, 5.74) is 2.46. The van der Waals surface area contributed by atoms with E-state index in [1.54, 1.807) is 6.92 Å². The number of carbonyl (C=O) groups excluding carboxylic acids is 1. The molecule has 0 radical (unpaired) electrons. The summed E-state index contributed by atoms with van der Waals surface area (Å²) in [6, 6.07) is 0. The third-order valence-electron chi connectivity index (χ3n) is 2.65. The molecule has 0 aliphatic rings. The van der Waals surface area contributed by atoms with Gasteiger partial charge < -0.3 is 16.1 Å². The monoisotopic (exact) mass is 242 g/mol. The second-order valence-electron chi connectivity index (χ2n) is 6.28. The first-order chi connectivity index (χ1) is 7.62. The fourth-order valence-electron chi connectivity index (χ4n) is 2.68. The maximum atomic E-state index is 11.2. The Balaban J connectivity index is 4.57. The van der Waals surface area contributed by atoms with Crippen LogP contribution in [0.5, 0.6) is 0 Å². The van der Waals surface area contributed by atoms with Crippen LogP contribution < -0.4 is 17.1 Å². The van der Waals surface area contributed by atoms with E-state index >= 15 is 0 Å². The standard InChI is InChI=1S/C12H26N4O/c1-9(17)6-11(2,3)8-12(4,5)7-10(15-13)16-14/h6-8,13-14H2,1-5H3,(H,15,16). The molecular weight excluding hydrogens is 216 g/mol. The Bertz CT molecular complexity index is 295. The number of nitrogens with zero attached hydrogens (tertiary/aromatic N) is 1. The molecule has 5 N–H and O–H groups in total. The van der Waals surface area contributed by atoms with Crippen LogP contribution in [0.4, 0.5) is 0 Å². The Labute approximate surface area is 104 Å². The van der Waals surface area contributed by atoms with Gasteiger partial charge in [0.15, 0.2) is 0 Å². The second kappa shape index (κ2) is 6.00. The summed E-state index contributed by atoms with van der Waals surface area (Å²) in [4.78, 5) is 11.2. The summed E-state index contributed by atoms with van der Waals surface area (Å²) in [5, 5.41) is 3.60. The highest BCUT2D eigenvalue weighted by Gasteiger charge is 2.30. The van der Waals surface area contributed by atoms with Gasteiger partial charge in [0.2, 0.25) is 0 Å². The van der Waals surface area contributed by atoms with Crippen LogP contribution in [0.2, 0.25) is 0 Å². The number of nitrogens with one attached hydrogen (secondary N) is 1. The van der Waals surface area contributed by atoms with Gasteiger partial charge in [0, 0.05) is 12.8 Å². The fourth-order valence-corrected chi connectivity index (χ4v) is 2.68. The Hall–Kier alpha value is -1.10. The van der Waals surface area contributed by atoms with Crippen molar-refractivity contribution in [2.75, 3.05) is 0 Å². The van der Waals surface area contributed by atoms with Crippen molar-refractivity contribution >= 4 is 11.6 Å².